The lowest BCUT2D eigenvalue weighted by Gasteiger charge is -2.33. The number of benzene rings is 1. The molecule has 0 bridgehead atoms. The predicted octanol–water partition coefficient (Wildman–Crippen LogP) is 1.87. The third-order valence-corrected chi connectivity index (χ3v) is 5.21. The summed E-state index contributed by atoms with van der Waals surface area (Å²) in [6.45, 7) is 6.33. The highest BCUT2D eigenvalue weighted by atomic mass is 32.2. The summed E-state index contributed by atoms with van der Waals surface area (Å²) < 4.78 is 26.0. The van der Waals surface area contributed by atoms with E-state index in [4.69, 9.17) is 0 Å². The number of aliphatic carboxylic acids is 1. The van der Waals surface area contributed by atoms with Gasteiger partial charge in [0, 0.05) is 6.54 Å². The molecule has 1 aromatic carbocycles. The molecule has 6 heteroatoms. The molecule has 106 valence electrons. The molecule has 0 aliphatic heterocycles. The summed E-state index contributed by atoms with van der Waals surface area (Å²) in [5.41, 5.74) is -0.544. The quantitative estimate of drug-likeness (QED) is 0.896. The third-order valence-electron chi connectivity index (χ3n) is 3.04. The molecule has 0 saturated heterocycles. The molecule has 0 amide bonds. The molecule has 0 spiro atoms. The van der Waals surface area contributed by atoms with Crippen LogP contribution in [0.1, 0.15) is 26.3 Å². The van der Waals surface area contributed by atoms with Crippen molar-refractivity contribution in [2.75, 3.05) is 6.54 Å². The van der Waals surface area contributed by atoms with E-state index >= 15 is 0 Å². The van der Waals surface area contributed by atoms with Crippen molar-refractivity contribution in [3.05, 3.63) is 29.8 Å². The molecule has 0 fully saturated rings. The Hall–Kier alpha value is -1.40. The van der Waals surface area contributed by atoms with Crippen LogP contribution in [0.4, 0.5) is 0 Å². The van der Waals surface area contributed by atoms with Crippen molar-refractivity contribution in [3.8, 4) is 0 Å². The zero-order valence-electron chi connectivity index (χ0n) is 11.5. The molecule has 0 aliphatic rings. The number of carbonyl (C=O) groups is 1. The maximum Gasteiger partial charge on any atom is 0.324 e. The van der Waals surface area contributed by atoms with Gasteiger partial charge in [-0.2, -0.15) is 4.31 Å². The molecule has 0 aromatic heterocycles. The van der Waals surface area contributed by atoms with Gasteiger partial charge in [0.1, 0.15) is 5.54 Å². The van der Waals surface area contributed by atoms with E-state index in [1.54, 1.807) is 19.1 Å². The lowest BCUT2D eigenvalue weighted by molar-refractivity contribution is -0.146. The standard InChI is InChI=1S/C13H19NO4S/c1-5-14(13(3,4)12(15)16)19(17,18)11-8-6-10(2)7-9-11/h6-9H,5H2,1-4H3,(H,15,16). The summed E-state index contributed by atoms with van der Waals surface area (Å²) >= 11 is 0. The van der Waals surface area contributed by atoms with Crippen molar-refractivity contribution < 1.29 is 18.3 Å². The zero-order chi connectivity index (χ0) is 14.8. The highest BCUT2D eigenvalue weighted by Gasteiger charge is 2.41. The maximum atomic E-state index is 12.5. The van der Waals surface area contributed by atoms with Gasteiger partial charge in [-0.3, -0.25) is 4.79 Å². The van der Waals surface area contributed by atoms with Gasteiger partial charge in [-0.1, -0.05) is 24.6 Å². The number of hydrogen-bond acceptors (Lipinski definition) is 3. The molecule has 19 heavy (non-hydrogen) atoms. The van der Waals surface area contributed by atoms with Crippen molar-refractivity contribution in [1.82, 2.24) is 4.31 Å². The average Bonchev–Trinajstić information content (AvgIpc) is 2.29. The molecule has 0 unspecified atom stereocenters. The van der Waals surface area contributed by atoms with E-state index in [0.717, 1.165) is 9.87 Å². The van der Waals surface area contributed by atoms with E-state index in [-0.39, 0.29) is 11.4 Å². The Morgan fingerprint density at radius 3 is 2.11 bits per heavy atom. The molecule has 1 N–H and O–H groups in total. The largest absolute Gasteiger partial charge is 0.480 e. The molecule has 0 saturated carbocycles. The van der Waals surface area contributed by atoms with Crippen LogP contribution in [0.2, 0.25) is 0 Å². The monoisotopic (exact) mass is 285 g/mol. The van der Waals surface area contributed by atoms with E-state index in [9.17, 15) is 18.3 Å². The Kier molecular flexibility index (Phi) is 4.37. The first-order chi connectivity index (χ1) is 8.64. The highest BCUT2D eigenvalue weighted by Crippen LogP contribution is 2.24. The average molecular weight is 285 g/mol. The second-order valence-corrected chi connectivity index (χ2v) is 6.71. The molecule has 0 heterocycles. The zero-order valence-corrected chi connectivity index (χ0v) is 12.4. The Morgan fingerprint density at radius 2 is 1.74 bits per heavy atom. The first kappa shape index (κ1) is 15.7. The number of rotatable bonds is 5. The summed E-state index contributed by atoms with van der Waals surface area (Å²) in [6.07, 6.45) is 0. The predicted molar refractivity (Wildman–Crippen MR) is 72.5 cm³/mol. The first-order valence-corrected chi connectivity index (χ1v) is 7.41. The molecule has 1 aromatic rings. The summed E-state index contributed by atoms with van der Waals surface area (Å²) in [6, 6.07) is 6.36. The Bertz CT molecular complexity index is 561. The molecular weight excluding hydrogens is 266 g/mol. The van der Waals surface area contributed by atoms with Crippen LogP contribution in [0.15, 0.2) is 29.2 Å². The van der Waals surface area contributed by atoms with Crippen LogP contribution < -0.4 is 0 Å². The van der Waals surface area contributed by atoms with Crippen molar-refractivity contribution in [2.24, 2.45) is 0 Å². The van der Waals surface area contributed by atoms with Gasteiger partial charge in [0.05, 0.1) is 4.90 Å². The Labute approximate surface area is 113 Å². The lowest BCUT2D eigenvalue weighted by atomic mass is 10.1. The van der Waals surface area contributed by atoms with Crippen molar-refractivity contribution in [2.45, 2.75) is 38.1 Å². The fourth-order valence-electron chi connectivity index (χ4n) is 1.81. The minimum absolute atomic E-state index is 0.0928. The number of aryl methyl sites for hydroxylation is 1. The van der Waals surface area contributed by atoms with Gasteiger partial charge in [-0.05, 0) is 32.9 Å². The Morgan fingerprint density at radius 1 is 1.26 bits per heavy atom. The third kappa shape index (κ3) is 2.96. The van der Waals surface area contributed by atoms with Gasteiger partial charge < -0.3 is 5.11 Å². The van der Waals surface area contributed by atoms with E-state index in [1.165, 1.54) is 26.0 Å². The molecule has 0 aliphatic carbocycles. The number of hydrogen-bond donors (Lipinski definition) is 1. The van der Waals surface area contributed by atoms with E-state index in [1.807, 2.05) is 6.92 Å². The van der Waals surface area contributed by atoms with Crippen LogP contribution in [0.5, 0.6) is 0 Å². The van der Waals surface area contributed by atoms with Crippen molar-refractivity contribution in [1.29, 1.82) is 0 Å². The van der Waals surface area contributed by atoms with E-state index in [2.05, 4.69) is 0 Å². The lowest BCUT2D eigenvalue weighted by Crippen LogP contribution is -2.52. The number of carboxylic acids is 1. The second-order valence-electron chi connectivity index (χ2n) is 4.85. The number of carboxylic acid groups (broad SMARTS) is 1. The van der Waals surface area contributed by atoms with Gasteiger partial charge >= 0.3 is 5.97 Å². The minimum atomic E-state index is -3.82. The summed E-state index contributed by atoms with van der Waals surface area (Å²) in [7, 11) is -3.82. The minimum Gasteiger partial charge on any atom is -0.480 e. The normalized spacial score (nSPS) is 12.7. The fourth-order valence-corrected chi connectivity index (χ4v) is 3.56. The van der Waals surface area contributed by atoms with Crippen LogP contribution in [0.25, 0.3) is 0 Å². The molecule has 1 rings (SSSR count). The number of nitrogens with zero attached hydrogens (tertiary/aromatic N) is 1. The summed E-state index contributed by atoms with van der Waals surface area (Å²) in [4.78, 5) is 11.4. The number of likely N-dealkylation sites (N-methyl/N-ethyl adjacent to an activating group) is 1. The van der Waals surface area contributed by atoms with Crippen LogP contribution >= 0.6 is 0 Å². The van der Waals surface area contributed by atoms with Crippen LogP contribution in [0.3, 0.4) is 0 Å². The summed E-state index contributed by atoms with van der Waals surface area (Å²) in [5, 5.41) is 9.19. The molecular formula is C13H19NO4S. The van der Waals surface area contributed by atoms with Crippen LogP contribution in [-0.2, 0) is 14.8 Å². The number of sulfonamides is 1. The van der Waals surface area contributed by atoms with Crippen molar-refractivity contribution in [3.63, 3.8) is 0 Å². The second kappa shape index (κ2) is 5.30. The molecule has 0 radical (unpaired) electrons. The summed E-state index contributed by atoms with van der Waals surface area (Å²) in [5.74, 6) is -1.18. The topological polar surface area (TPSA) is 74.7 Å². The van der Waals surface area contributed by atoms with Crippen LogP contribution in [0, 0.1) is 6.92 Å². The molecule has 0 atom stereocenters. The van der Waals surface area contributed by atoms with Gasteiger partial charge in [-0.15, -0.1) is 0 Å². The fraction of sp³-hybridized carbons (Fsp3) is 0.462. The Balaban J connectivity index is 3.31. The van der Waals surface area contributed by atoms with Crippen LogP contribution in [-0.4, -0.2) is 35.9 Å². The first-order valence-electron chi connectivity index (χ1n) is 5.97. The van der Waals surface area contributed by atoms with Gasteiger partial charge in [0.15, 0.2) is 0 Å². The van der Waals surface area contributed by atoms with E-state index in [0.29, 0.717) is 0 Å². The highest BCUT2D eigenvalue weighted by molar-refractivity contribution is 7.89. The smallest absolute Gasteiger partial charge is 0.324 e. The van der Waals surface area contributed by atoms with Gasteiger partial charge in [0.2, 0.25) is 10.0 Å². The van der Waals surface area contributed by atoms with Gasteiger partial charge in [-0.25, -0.2) is 8.42 Å². The SMILES string of the molecule is CCN(C(C)(C)C(=O)O)S(=O)(=O)c1ccc(C)cc1. The molecule has 5 nitrogen and oxygen atoms in total. The van der Waals surface area contributed by atoms with Crippen molar-refractivity contribution >= 4 is 16.0 Å². The van der Waals surface area contributed by atoms with Gasteiger partial charge in [0.25, 0.3) is 0 Å². The van der Waals surface area contributed by atoms with E-state index < -0.39 is 21.5 Å². The maximum absolute atomic E-state index is 12.5.